The number of anilines is 2. The first-order valence-electron chi connectivity index (χ1n) is 14.8. The van der Waals surface area contributed by atoms with Crippen LogP contribution in [0.25, 0.3) is 22.2 Å². The van der Waals surface area contributed by atoms with Crippen molar-refractivity contribution in [3.05, 3.63) is 83.3 Å². The second-order valence-corrected chi connectivity index (χ2v) is 10.6. The number of urea groups is 1. The fourth-order valence-corrected chi connectivity index (χ4v) is 5.41. The number of rotatable bonds is 11. The monoisotopic (exact) mass is 568 g/mol. The minimum Gasteiger partial charge on any atom is -0.494 e. The number of para-hydroxylation sites is 1. The van der Waals surface area contributed by atoms with Crippen LogP contribution in [0.5, 0.6) is 5.75 Å². The van der Waals surface area contributed by atoms with Crippen LogP contribution in [0.2, 0.25) is 0 Å². The van der Waals surface area contributed by atoms with Gasteiger partial charge in [0, 0.05) is 69.2 Å². The van der Waals surface area contributed by atoms with E-state index in [1.165, 1.54) is 10.3 Å². The number of ether oxygens (including phenoxy) is 1. The maximum Gasteiger partial charge on any atom is 0.319 e. The molecule has 1 fully saturated rings. The van der Waals surface area contributed by atoms with E-state index in [1.54, 1.807) is 13.2 Å². The molecule has 0 bridgehead atoms. The summed E-state index contributed by atoms with van der Waals surface area (Å²) in [6.45, 7) is 8.30. The van der Waals surface area contributed by atoms with Gasteiger partial charge in [-0.05, 0) is 54.8 Å². The summed E-state index contributed by atoms with van der Waals surface area (Å²) in [5.74, 6) is 0.720. The molecule has 42 heavy (non-hydrogen) atoms. The third-order valence-electron chi connectivity index (χ3n) is 7.70. The van der Waals surface area contributed by atoms with Crippen LogP contribution in [-0.2, 0) is 7.05 Å². The van der Waals surface area contributed by atoms with Crippen molar-refractivity contribution in [2.75, 3.05) is 56.1 Å². The number of aryl methyl sites for hydroxylation is 1. The van der Waals surface area contributed by atoms with Crippen molar-refractivity contribution in [3.8, 4) is 16.9 Å². The summed E-state index contributed by atoms with van der Waals surface area (Å²) < 4.78 is 7.64. The zero-order valence-electron chi connectivity index (χ0n) is 24.5. The number of nitrogens with one attached hydrogen (secondary N) is 2. The average molecular weight is 569 g/mol. The van der Waals surface area contributed by atoms with Gasteiger partial charge in [-0.3, -0.25) is 14.3 Å². The molecule has 0 atom stereocenters. The molecule has 9 nitrogen and oxygen atoms in total. The van der Waals surface area contributed by atoms with Gasteiger partial charge in [0.2, 0.25) is 0 Å². The molecule has 2 amide bonds. The van der Waals surface area contributed by atoms with Gasteiger partial charge >= 0.3 is 6.03 Å². The van der Waals surface area contributed by atoms with E-state index in [9.17, 15) is 9.59 Å². The molecule has 1 saturated heterocycles. The van der Waals surface area contributed by atoms with E-state index < -0.39 is 6.03 Å². The summed E-state index contributed by atoms with van der Waals surface area (Å²) in [5.41, 5.74) is 3.15. The molecule has 2 N–H and O–H groups in total. The molecule has 0 radical (unpaired) electrons. The topological polar surface area (TPSA) is 91.7 Å². The van der Waals surface area contributed by atoms with E-state index in [-0.39, 0.29) is 11.2 Å². The Balaban J connectivity index is 1.26. The van der Waals surface area contributed by atoms with Gasteiger partial charge in [0.25, 0.3) is 5.56 Å². The van der Waals surface area contributed by atoms with E-state index in [4.69, 9.17) is 4.74 Å². The van der Waals surface area contributed by atoms with Crippen molar-refractivity contribution in [2.45, 2.75) is 26.2 Å². The van der Waals surface area contributed by atoms with Gasteiger partial charge in [-0.2, -0.15) is 0 Å². The summed E-state index contributed by atoms with van der Waals surface area (Å²) in [7, 11) is 1.67. The number of piperazine rings is 1. The van der Waals surface area contributed by atoms with E-state index in [0.29, 0.717) is 24.4 Å². The van der Waals surface area contributed by atoms with E-state index >= 15 is 0 Å². The molecule has 0 aliphatic carbocycles. The Hall–Kier alpha value is -4.37. The number of hydrogen-bond acceptors (Lipinski definition) is 6. The van der Waals surface area contributed by atoms with Crippen molar-refractivity contribution in [3.63, 3.8) is 0 Å². The molecule has 9 heteroatoms. The lowest BCUT2D eigenvalue weighted by Gasteiger charge is -2.36. The summed E-state index contributed by atoms with van der Waals surface area (Å²) >= 11 is 0. The second kappa shape index (κ2) is 14.0. The molecule has 1 aliphatic rings. The Morgan fingerprint density at radius 1 is 0.976 bits per heavy atom. The highest BCUT2D eigenvalue weighted by molar-refractivity contribution is 6.04. The number of nitrogens with zero attached hydrogens (tertiary/aromatic N) is 4. The minimum atomic E-state index is -0.401. The first-order chi connectivity index (χ1) is 20.5. The fraction of sp³-hybridized carbons (Fsp3) is 0.364. The number of pyridine rings is 2. The van der Waals surface area contributed by atoms with Crippen molar-refractivity contribution in [1.82, 2.24) is 19.8 Å². The molecule has 0 spiro atoms. The van der Waals surface area contributed by atoms with Crippen LogP contribution < -0.4 is 25.8 Å². The number of carbonyl (C=O) groups excluding carboxylic acids is 1. The third-order valence-corrected chi connectivity index (χ3v) is 7.70. The predicted molar refractivity (Wildman–Crippen MR) is 170 cm³/mol. The Morgan fingerprint density at radius 2 is 1.79 bits per heavy atom. The van der Waals surface area contributed by atoms with Crippen LogP contribution in [0.1, 0.15) is 26.2 Å². The molecule has 0 unspecified atom stereocenters. The average Bonchev–Trinajstić information content (AvgIpc) is 3.03. The van der Waals surface area contributed by atoms with Gasteiger partial charge in [0.05, 0.1) is 6.61 Å². The van der Waals surface area contributed by atoms with Gasteiger partial charge in [-0.25, -0.2) is 9.78 Å². The number of carbonyl (C=O) groups is 1. The number of aromatic nitrogens is 2. The van der Waals surface area contributed by atoms with Gasteiger partial charge in [0.1, 0.15) is 17.1 Å². The lowest BCUT2D eigenvalue weighted by molar-refractivity contribution is 0.225. The SMILES string of the molecule is CCCCNC(=O)Nc1c(-c2cccc(OCCCN3CCN(c4ccccc4)CC3)c2)c2cccnc2n(C)c1=O. The van der Waals surface area contributed by atoms with E-state index in [1.807, 2.05) is 36.4 Å². The number of amides is 2. The molecule has 220 valence electrons. The number of benzene rings is 2. The summed E-state index contributed by atoms with van der Waals surface area (Å²) in [5, 5.41) is 6.45. The highest BCUT2D eigenvalue weighted by Crippen LogP contribution is 2.34. The molecule has 2 aromatic carbocycles. The van der Waals surface area contributed by atoms with E-state index in [2.05, 4.69) is 62.7 Å². The zero-order chi connectivity index (χ0) is 29.3. The first kappa shape index (κ1) is 29.1. The van der Waals surface area contributed by atoms with Crippen molar-refractivity contribution < 1.29 is 9.53 Å². The van der Waals surface area contributed by atoms with Crippen molar-refractivity contribution >= 4 is 28.4 Å². The molecule has 3 heterocycles. The molecule has 5 rings (SSSR count). The first-order valence-corrected chi connectivity index (χ1v) is 14.8. The molecule has 1 aliphatic heterocycles. The Bertz CT molecular complexity index is 1550. The number of unbranched alkanes of at least 4 members (excludes halogenated alkanes) is 1. The lowest BCUT2D eigenvalue weighted by atomic mass is 10.00. The van der Waals surface area contributed by atoms with Crippen LogP contribution in [0.3, 0.4) is 0 Å². The molecular weight excluding hydrogens is 528 g/mol. The van der Waals surface area contributed by atoms with Crippen LogP contribution in [0.4, 0.5) is 16.2 Å². The van der Waals surface area contributed by atoms with Crippen LogP contribution in [0, 0.1) is 0 Å². The number of hydrogen-bond donors (Lipinski definition) is 2. The Kier molecular flexibility index (Phi) is 9.71. The fourth-order valence-electron chi connectivity index (χ4n) is 5.41. The summed E-state index contributed by atoms with van der Waals surface area (Å²) in [4.78, 5) is 35.5. The van der Waals surface area contributed by atoms with Crippen molar-refractivity contribution in [1.29, 1.82) is 0 Å². The maximum atomic E-state index is 13.4. The van der Waals surface area contributed by atoms with Gasteiger partial charge < -0.3 is 20.3 Å². The predicted octanol–water partition coefficient (Wildman–Crippen LogP) is 5.11. The van der Waals surface area contributed by atoms with Crippen LogP contribution in [0.15, 0.2) is 77.7 Å². The summed E-state index contributed by atoms with van der Waals surface area (Å²) in [6.07, 6.45) is 4.41. The van der Waals surface area contributed by atoms with Gasteiger partial charge in [0.15, 0.2) is 0 Å². The normalized spacial score (nSPS) is 13.7. The quantitative estimate of drug-likeness (QED) is 0.244. The highest BCUT2D eigenvalue weighted by Gasteiger charge is 2.20. The summed E-state index contributed by atoms with van der Waals surface area (Å²) in [6, 6.07) is 21.6. The Morgan fingerprint density at radius 3 is 2.57 bits per heavy atom. The second-order valence-electron chi connectivity index (χ2n) is 10.6. The Labute approximate surface area is 247 Å². The molecule has 0 saturated carbocycles. The zero-order valence-corrected chi connectivity index (χ0v) is 24.5. The van der Waals surface area contributed by atoms with Gasteiger partial charge in [-0.15, -0.1) is 0 Å². The largest absolute Gasteiger partial charge is 0.494 e. The van der Waals surface area contributed by atoms with E-state index in [0.717, 1.165) is 68.7 Å². The van der Waals surface area contributed by atoms with Gasteiger partial charge in [-0.1, -0.05) is 43.7 Å². The molecular formula is C33H40N6O3. The standard InChI is InChI=1S/C33H40N6O3/c1-3-4-16-35-33(41)36-30-29(28-15-9-17-34-31(28)37(2)32(30)40)25-11-8-14-27(24-25)42-23-10-18-38-19-21-39(22-20-38)26-12-6-5-7-13-26/h5-9,11-15,17,24H,3-4,10,16,18-23H2,1-2H3,(H2,35,36,41). The maximum absolute atomic E-state index is 13.4. The van der Waals surface area contributed by atoms with Crippen LogP contribution >= 0.6 is 0 Å². The number of fused-ring (bicyclic) bond motifs is 1. The smallest absolute Gasteiger partial charge is 0.319 e. The molecule has 4 aromatic rings. The third kappa shape index (κ3) is 6.91. The minimum absolute atomic E-state index is 0.221. The highest BCUT2D eigenvalue weighted by atomic mass is 16.5. The lowest BCUT2D eigenvalue weighted by Crippen LogP contribution is -2.46. The van der Waals surface area contributed by atoms with Crippen LogP contribution in [-0.4, -0.2) is 66.4 Å². The van der Waals surface area contributed by atoms with Crippen molar-refractivity contribution in [2.24, 2.45) is 7.05 Å². The molecule has 2 aromatic heterocycles.